The van der Waals surface area contributed by atoms with E-state index >= 15 is 0 Å². The Kier molecular flexibility index (Phi) is 6.21. The summed E-state index contributed by atoms with van der Waals surface area (Å²) in [5, 5.41) is 10.1. The Labute approximate surface area is 106 Å². The lowest BCUT2D eigenvalue weighted by atomic mass is 10.1. The van der Waals surface area contributed by atoms with Gasteiger partial charge in [-0.3, -0.25) is 0 Å². The van der Waals surface area contributed by atoms with E-state index in [1.54, 1.807) is 25.8 Å². The highest BCUT2D eigenvalue weighted by Crippen LogP contribution is 2.28. The molecule has 1 rings (SSSR count). The molecule has 0 aliphatic rings. The van der Waals surface area contributed by atoms with Crippen molar-refractivity contribution in [1.82, 2.24) is 0 Å². The van der Waals surface area contributed by atoms with Crippen LogP contribution in [0.3, 0.4) is 0 Å². The second-order valence-corrected chi connectivity index (χ2v) is 5.13. The number of benzene rings is 1. The summed E-state index contributed by atoms with van der Waals surface area (Å²) in [5.41, 5.74) is 0.780. The molecule has 90 valence electrons. The van der Waals surface area contributed by atoms with Crippen molar-refractivity contribution >= 4 is 23.4 Å². The first-order chi connectivity index (χ1) is 7.65. The first kappa shape index (κ1) is 13.8. The molecule has 1 aromatic carbocycles. The summed E-state index contributed by atoms with van der Waals surface area (Å²) in [6, 6.07) is 5.78. The van der Waals surface area contributed by atoms with Crippen LogP contribution >= 0.6 is 23.4 Å². The molecule has 0 amide bonds. The molecule has 0 heterocycles. The number of rotatable bonds is 6. The second-order valence-electron chi connectivity index (χ2n) is 3.55. The molecule has 1 N–H and O–H groups in total. The number of thioether (sulfide) groups is 1. The van der Waals surface area contributed by atoms with E-state index in [2.05, 4.69) is 0 Å². The minimum Gasteiger partial charge on any atom is -0.389 e. The first-order valence-electron chi connectivity index (χ1n) is 5.24. The van der Waals surface area contributed by atoms with Crippen LogP contribution in [0.5, 0.6) is 0 Å². The fourth-order valence-corrected chi connectivity index (χ4v) is 2.60. The van der Waals surface area contributed by atoms with Gasteiger partial charge in [0.05, 0.1) is 6.10 Å². The molecule has 0 aromatic heterocycles. The molecule has 0 radical (unpaired) electrons. The minimum absolute atomic E-state index is 0.514. The summed E-state index contributed by atoms with van der Waals surface area (Å²) in [7, 11) is 1.71. The lowest BCUT2D eigenvalue weighted by Crippen LogP contribution is -1.93. The summed E-state index contributed by atoms with van der Waals surface area (Å²) >= 11 is 7.82. The third-order valence-electron chi connectivity index (χ3n) is 2.18. The monoisotopic (exact) mass is 260 g/mol. The van der Waals surface area contributed by atoms with Crippen LogP contribution in [0.1, 0.15) is 25.0 Å². The number of aliphatic hydroxyl groups is 1. The predicted octanol–water partition coefficient (Wildman–Crippen LogP) is 3.52. The summed E-state index contributed by atoms with van der Waals surface area (Å²) in [6.45, 7) is 2.50. The number of hydrogen-bond donors (Lipinski definition) is 1. The highest BCUT2D eigenvalue weighted by molar-refractivity contribution is 7.99. The van der Waals surface area contributed by atoms with Gasteiger partial charge in [-0.25, -0.2) is 0 Å². The van der Waals surface area contributed by atoms with Crippen molar-refractivity contribution in [3.05, 3.63) is 28.8 Å². The van der Waals surface area contributed by atoms with Gasteiger partial charge in [-0.15, -0.1) is 11.8 Å². The maximum Gasteiger partial charge on any atom is 0.0776 e. The SMILES string of the molecule is COCCCSc1ccc(C(C)O)c(Cl)c1. The van der Waals surface area contributed by atoms with Crippen LogP contribution in [-0.4, -0.2) is 24.6 Å². The van der Waals surface area contributed by atoms with Gasteiger partial charge in [0.2, 0.25) is 0 Å². The molecule has 16 heavy (non-hydrogen) atoms. The summed E-state index contributed by atoms with van der Waals surface area (Å²) in [4.78, 5) is 1.13. The number of aliphatic hydroxyl groups excluding tert-OH is 1. The molecular formula is C12H17ClO2S. The van der Waals surface area contributed by atoms with Crippen LogP contribution in [-0.2, 0) is 4.74 Å². The van der Waals surface area contributed by atoms with Crippen LogP contribution in [0.25, 0.3) is 0 Å². The van der Waals surface area contributed by atoms with Gasteiger partial charge in [0.1, 0.15) is 0 Å². The molecule has 0 aliphatic heterocycles. The van der Waals surface area contributed by atoms with Gasteiger partial charge in [-0.05, 0) is 31.0 Å². The molecule has 0 bridgehead atoms. The summed E-state index contributed by atoms with van der Waals surface area (Å²) in [6.07, 6.45) is 0.511. The highest BCUT2D eigenvalue weighted by atomic mass is 35.5. The predicted molar refractivity (Wildman–Crippen MR) is 69.3 cm³/mol. The summed E-state index contributed by atoms with van der Waals surface area (Å²) < 4.78 is 4.98. The molecule has 0 fully saturated rings. The molecule has 0 saturated heterocycles. The molecule has 2 nitrogen and oxygen atoms in total. The van der Waals surface area contributed by atoms with E-state index in [1.807, 2.05) is 18.2 Å². The average Bonchev–Trinajstić information content (AvgIpc) is 2.24. The summed E-state index contributed by atoms with van der Waals surface area (Å²) in [5.74, 6) is 1.01. The third-order valence-corrected chi connectivity index (χ3v) is 3.59. The van der Waals surface area contributed by atoms with E-state index in [0.717, 1.165) is 29.2 Å². The second kappa shape index (κ2) is 7.17. The van der Waals surface area contributed by atoms with E-state index in [1.165, 1.54) is 0 Å². The van der Waals surface area contributed by atoms with Crippen LogP contribution in [0.2, 0.25) is 5.02 Å². The zero-order valence-electron chi connectivity index (χ0n) is 9.57. The van der Waals surface area contributed by atoms with Crippen molar-refractivity contribution in [3.8, 4) is 0 Å². The molecular weight excluding hydrogens is 244 g/mol. The van der Waals surface area contributed by atoms with Crippen LogP contribution in [0.4, 0.5) is 0 Å². The van der Waals surface area contributed by atoms with Crippen molar-refractivity contribution in [1.29, 1.82) is 0 Å². The Morgan fingerprint density at radius 2 is 2.25 bits per heavy atom. The van der Waals surface area contributed by atoms with Gasteiger partial charge in [0.25, 0.3) is 0 Å². The van der Waals surface area contributed by atoms with E-state index < -0.39 is 6.10 Å². The van der Waals surface area contributed by atoms with Gasteiger partial charge < -0.3 is 9.84 Å². The number of ether oxygens (including phenoxy) is 1. The standard InChI is InChI=1S/C12H17ClO2S/c1-9(14)11-5-4-10(8-12(11)13)16-7-3-6-15-2/h4-5,8-9,14H,3,6-7H2,1-2H3. The molecule has 1 unspecified atom stereocenters. The van der Waals surface area contributed by atoms with Crippen molar-refractivity contribution < 1.29 is 9.84 Å². The van der Waals surface area contributed by atoms with Gasteiger partial charge in [-0.2, -0.15) is 0 Å². The Morgan fingerprint density at radius 3 is 2.81 bits per heavy atom. The third kappa shape index (κ3) is 4.34. The van der Waals surface area contributed by atoms with E-state index in [4.69, 9.17) is 16.3 Å². The molecule has 4 heteroatoms. The zero-order chi connectivity index (χ0) is 12.0. The largest absolute Gasteiger partial charge is 0.389 e. The van der Waals surface area contributed by atoms with Crippen molar-refractivity contribution in [2.45, 2.75) is 24.3 Å². The quantitative estimate of drug-likeness (QED) is 0.627. The number of hydrogen-bond acceptors (Lipinski definition) is 3. The average molecular weight is 261 g/mol. The lowest BCUT2D eigenvalue weighted by Gasteiger charge is -2.09. The molecule has 1 aromatic rings. The van der Waals surface area contributed by atoms with E-state index in [9.17, 15) is 5.11 Å². The maximum absolute atomic E-state index is 9.43. The molecule has 0 aliphatic carbocycles. The lowest BCUT2D eigenvalue weighted by molar-refractivity contribution is 0.199. The van der Waals surface area contributed by atoms with Crippen molar-refractivity contribution in [3.63, 3.8) is 0 Å². The van der Waals surface area contributed by atoms with E-state index in [-0.39, 0.29) is 0 Å². The van der Waals surface area contributed by atoms with Crippen molar-refractivity contribution in [2.75, 3.05) is 19.5 Å². The molecule has 0 saturated carbocycles. The Balaban J connectivity index is 2.53. The van der Waals surface area contributed by atoms with Crippen LogP contribution < -0.4 is 0 Å². The zero-order valence-corrected chi connectivity index (χ0v) is 11.1. The minimum atomic E-state index is -0.514. The van der Waals surface area contributed by atoms with Gasteiger partial charge in [-0.1, -0.05) is 17.7 Å². The Bertz CT molecular complexity index is 329. The maximum atomic E-state index is 9.43. The first-order valence-corrected chi connectivity index (χ1v) is 6.60. The molecule has 0 spiro atoms. The number of methoxy groups -OCH3 is 1. The Hall–Kier alpha value is -0.220. The fraction of sp³-hybridized carbons (Fsp3) is 0.500. The normalized spacial score (nSPS) is 12.8. The van der Waals surface area contributed by atoms with Gasteiger partial charge >= 0.3 is 0 Å². The fourth-order valence-electron chi connectivity index (χ4n) is 1.33. The van der Waals surface area contributed by atoms with Gasteiger partial charge in [0, 0.05) is 29.4 Å². The van der Waals surface area contributed by atoms with E-state index in [0.29, 0.717) is 5.02 Å². The Morgan fingerprint density at radius 1 is 1.50 bits per heavy atom. The van der Waals surface area contributed by atoms with Gasteiger partial charge in [0.15, 0.2) is 0 Å². The number of halogens is 1. The van der Waals surface area contributed by atoms with Crippen molar-refractivity contribution in [2.24, 2.45) is 0 Å². The van der Waals surface area contributed by atoms with Crippen LogP contribution in [0.15, 0.2) is 23.1 Å². The smallest absolute Gasteiger partial charge is 0.0776 e. The highest BCUT2D eigenvalue weighted by Gasteiger charge is 2.06. The van der Waals surface area contributed by atoms with Crippen LogP contribution in [0, 0.1) is 0 Å². The molecule has 1 atom stereocenters. The topological polar surface area (TPSA) is 29.5 Å².